The molecule has 0 saturated heterocycles. The molecule has 0 aliphatic heterocycles. The molecule has 2 nitrogen and oxygen atoms in total. The van der Waals surface area contributed by atoms with Gasteiger partial charge in [-0.15, -0.1) is 0 Å². The van der Waals surface area contributed by atoms with Crippen LogP contribution in [-0.4, -0.2) is 11.3 Å². The van der Waals surface area contributed by atoms with E-state index < -0.39 is 17.0 Å². The van der Waals surface area contributed by atoms with Gasteiger partial charge < -0.3 is 5.11 Å². The molecule has 5 heteroatoms. The van der Waals surface area contributed by atoms with Crippen LogP contribution in [0.5, 0.6) is 5.75 Å². The van der Waals surface area contributed by atoms with E-state index in [9.17, 15) is 5.11 Å². The first kappa shape index (κ1) is 20.6. The van der Waals surface area contributed by atoms with E-state index in [1.54, 1.807) is 6.21 Å². The number of fused-ring (bicyclic) bond motifs is 1. The number of phenols is 1. The number of rotatable bonds is 3. The van der Waals surface area contributed by atoms with E-state index >= 15 is 0 Å². The maximum atomic E-state index is 10.6. The Balaban J connectivity index is 0.000000706. The summed E-state index contributed by atoms with van der Waals surface area (Å²) < 4.78 is 0. The van der Waals surface area contributed by atoms with Crippen LogP contribution in [0, 0.1) is 0 Å². The van der Waals surface area contributed by atoms with Crippen LogP contribution in [0.2, 0.25) is 0 Å². The molecule has 0 amide bonds. The summed E-state index contributed by atoms with van der Waals surface area (Å²) >= 11 is -0.556. The van der Waals surface area contributed by atoms with Crippen molar-refractivity contribution in [1.82, 2.24) is 0 Å². The summed E-state index contributed by atoms with van der Waals surface area (Å²) in [5.74, 6) is 0.248. The van der Waals surface area contributed by atoms with Gasteiger partial charge in [-0.3, -0.25) is 4.99 Å². The van der Waals surface area contributed by atoms with Crippen molar-refractivity contribution in [1.29, 1.82) is 0 Å². The van der Waals surface area contributed by atoms with E-state index in [0.717, 1.165) is 27.6 Å². The molecule has 0 heterocycles. The second-order valence-corrected chi connectivity index (χ2v) is 8.52. The third-order valence-electron chi connectivity index (χ3n) is 4.26. The summed E-state index contributed by atoms with van der Waals surface area (Å²) in [5, 5.41) is 12.9. The molecule has 1 N–H and O–H groups in total. The molecule has 0 radical (unpaired) electrons. The quantitative estimate of drug-likeness (QED) is 0.261. The topological polar surface area (TPSA) is 32.6 Å². The zero-order chi connectivity index (χ0) is 19.8. The van der Waals surface area contributed by atoms with Crippen molar-refractivity contribution in [3.63, 3.8) is 0 Å². The SMILES string of the molecule is Oc1c(C=Nc2cccc3ccccc23)cccc1-c1ccccc1.[Cl][Ti][Cl]. The minimum absolute atomic E-state index is 0.248. The number of benzene rings is 4. The Kier molecular flexibility index (Phi) is 7.70. The third-order valence-corrected chi connectivity index (χ3v) is 4.26. The Bertz CT molecular complexity index is 1080. The molecule has 28 heavy (non-hydrogen) atoms. The van der Waals surface area contributed by atoms with Crippen molar-refractivity contribution in [2.45, 2.75) is 0 Å². The van der Waals surface area contributed by atoms with Crippen molar-refractivity contribution in [2.24, 2.45) is 4.99 Å². The van der Waals surface area contributed by atoms with E-state index in [-0.39, 0.29) is 5.75 Å². The van der Waals surface area contributed by atoms with Crippen LogP contribution in [0.15, 0.2) is 96.0 Å². The van der Waals surface area contributed by atoms with Gasteiger partial charge in [0.05, 0.1) is 5.69 Å². The average Bonchev–Trinajstić information content (AvgIpc) is 2.74. The van der Waals surface area contributed by atoms with Crippen LogP contribution in [-0.2, 0) is 17.0 Å². The molecule has 0 aromatic heterocycles. The molecular weight excluding hydrogens is 425 g/mol. The predicted molar refractivity (Wildman–Crippen MR) is 116 cm³/mol. The van der Waals surface area contributed by atoms with E-state index in [1.807, 2.05) is 72.8 Å². The predicted octanol–water partition coefficient (Wildman–Crippen LogP) is 7.34. The van der Waals surface area contributed by atoms with Gasteiger partial charge in [-0.05, 0) is 23.1 Å². The van der Waals surface area contributed by atoms with E-state index in [0.29, 0.717) is 5.56 Å². The summed E-state index contributed by atoms with van der Waals surface area (Å²) in [6.45, 7) is 0. The molecule has 4 rings (SSSR count). The Morgan fingerprint density at radius 1 is 0.750 bits per heavy atom. The van der Waals surface area contributed by atoms with Gasteiger partial charge in [-0.1, -0.05) is 78.9 Å². The number of hydrogen-bond acceptors (Lipinski definition) is 2. The van der Waals surface area contributed by atoms with Gasteiger partial charge in [-0.2, -0.15) is 0 Å². The first-order valence-corrected chi connectivity index (χ1v) is 12.9. The standard InChI is InChI=1S/C23H17NO.2ClH.Ti/c25-23-19(12-6-14-21(23)18-8-2-1-3-9-18)16-24-22-15-7-11-17-10-4-5-13-20(17)22;;;/h1-16,25H;2*1H;/q;;;+2/p-2. The monoisotopic (exact) mass is 441 g/mol. The van der Waals surface area contributed by atoms with Crippen molar-refractivity contribution >= 4 is 41.3 Å². The molecular formula is C23H17Cl2NOTi. The molecule has 0 aliphatic carbocycles. The van der Waals surface area contributed by atoms with E-state index in [2.05, 4.69) is 23.2 Å². The number of aliphatic imine (C=N–C) groups is 1. The molecule has 4 aromatic rings. The van der Waals surface area contributed by atoms with Gasteiger partial charge in [0.1, 0.15) is 5.75 Å². The fourth-order valence-electron chi connectivity index (χ4n) is 2.98. The number of halogens is 2. The Morgan fingerprint density at radius 2 is 1.39 bits per heavy atom. The van der Waals surface area contributed by atoms with Gasteiger partial charge in [0, 0.05) is 22.7 Å². The molecule has 0 fully saturated rings. The minimum atomic E-state index is -0.556. The summed E-state index contributed by atoms with van der Waals surface area (Å²) in [6.07, 6.45) is 1.73. The van der Waals surface area contributed by atoms with Crippen LogP contribution in [0.3, 0.4) is 0 Å². The second-order valence-electron chi connectivity index (χ2n) is 5.94. The average molecular weight is 442 g/mol. The molecule has 0 aliphatic rings. The van der Waals surface area contributed by atoms with E-state index in [4.69, 9.17) is 18.6 Å². The number of para-hydroxylation sites is 1. The van der Waals surface area contributed by atoms with Crippen molar-refractivity contribution in [3.05, 3.63) is 96.6 Å². The van der Waals surface area contributed by atoms with Gasteiger partial charge in [0.2, 0.25) is 0 Å². The summed E-state index contributed by atoms with van der Waals surface area (Å²) in [7, 11) is 9.78. The van der Waals surface area contributed by atoms with E-state index in [1.165, 1.54) is 0 Å². The summed E-state index contributed by atoms with van der Waals surface area (Å²) in [6, 6.07) is 29.8. The zero-order valence-electron chi connectivity index (χ0n) is 14.9. The third kappa shape index (κ3) is 5.04. The first-order valence-electron chi connectivity index (χ1n) is 8.60. The van der Waals surface area contributed by atoms with Crippen molar-refractivity contribution in [2.75, 3.05) is 0 Å². The maximum absolute atomic E-state index is 10.6. The fraction of sp³-hybridized carbons (Fsp3) is 0. The van der Waals surface area contributed by atoms with Crippen LogP contribution < -0.4 is 0 Å². The normalized spacial score (nSPS) is 10.5. The first-order chi connectivity index (χ1) is 13.7. The van der Waals surface area contributed by atoms with Gasteiger partial charge in [0.25, 0.3) is 0 Å². The van der Waals surface area contributed by atoms with Crippen molar-refractivity contribution < 1.29 is 22.1 Å². The van der Waals surface area contributed by atoms with Crippen molar-refractivity contribution in [3.8, 4) is 16.9 Å². The van der Waals surface area contributed by atoms with Gasteiger partial charge in [-0.25, -0.2) is 0 Å². The number of aromatic hydroxyl groups is 1. The molecule has 0 bridgehead atoms. The summed E-state index contributed by atoms with van der Waals surface area (Å²) in [4.78, 5) is 4.62. The number of nitrogens with zero attached hydrogens (tertiary/aromatic N) is 1. The van der Waals surface area contributed by atoms with Gasteiger partial charge in [0.15, 0.2) is 0 Å². The van der Waals surface area contributed by atoms with Crippen LogP contribution in [0.1, 0.15) is 5.56 Å². The fourth-order valence-corrected chi connectivity index (χ4v) is 2.98. The van der Waals surface area contributed by atoms with Gasteiger partial charge >= 0.3 is 35.6 Å². The molecule has 0 atom stereocenters. The number of phenolic OH excluding ortho intramolecular Hbond substituents is 1. The Labute approximate surface area is 181 Å². The molecule has 4 aromatic carbocycles. The summed E-state index contributed by atoms with van der Waals surface area (Å²) in [5.41, 5.74) is 3.39. The Morgan fingerprint density at radius 3 is 2.18 bits per heavy atom. The van der Waals surface area contributed by atoms with Crippen LogP contribution in [0.4, 0.5) is 5.69 Å². The van der Waals surface area contributed by atoms with Crippen LogP contribution >= 0.6 is 18.6 Å². The molecule has 0 spiro atoms. The molecule has 138 valence electrons. The number of hydrogen-bond donors (Lipinski definition) is 1. The van der Waals surface area contributed by atoms with Crippen LogP contribution in [0.25, 0.3) is 21.9 Å². The molecule has 0 saturated carbocycles. The Hall–Kier alpha value is -2.10. The molecule has 0 unspecified atom stereocenters. The second kappa shape index (κ2) is 10.4. The zero-order valence-corrected chi connectivity index (χ0v) is 18.0.